The summed E-state index contributed by atoms with van der Waals surface area (Å²) in [6.07, 6.45) is 0.252. The number of alkyl carbamates (subject to hydrolysis) is 1. The maximum absolute atomic E-state index is 13.1. The number of rotatable bonds is 9. The molecule has 2 aliphatic heterocycles. The van der Waals surface area contributed by atoms with Crippen molar-refractivity contribution >= 4 is 38.7 Å². The zero-order valence-electron chi connectivity index (χ0n) is 18.2. The van der Waals surface area contributed by atoms with Gasteiger partial charge in [-0.2, -0.15) is 17.0 Å². The van der Waals surface area contributed by atoms with Crippen molar-refractivity contribution in [2.24, 2.45) is 5.92 Å². The van der Waals surface area contributed by atoms with Gasteiger partial charge in [0.1, 0.15) is 6.61 Å². The van der Waals surface area contributed by atoms with Gasteiger partial charge in [-0.25, -0.2) is 9.78 Å². The van der Waals surface area contributed by atoms with E-state index in [1.807, 2.05) is 0 Å². The van der Waals surface area contributed by atoms with E-state index in [9.17, 15) is 23.1 Å². The highest BCUT2D eigenvalue weighted by atomic mass is 32.2. The van der Waals surface area contributed by atoms with Crippen LogP contribution in [0.25, 0.3) is 0 Å². The average Bonchev–Trinajstić information content (AvgIpc) is 3.44. The van der Waals surface area contributed by atoms with Crippen LogP contribution in [0.3, 0.4) is 0 Å². The molecule has 0 radical (unpaired) electrons. The number of hydrogen-bond acceptors (Lipinski definition) is 9. The molecule has 0 aliphatic carbocycles. The minimum atomic E-state index is -3.94. The Morgan fingerprint density at radius 3 is 2.88 bits per heavy atom. The number of nitrogens with zero attached hydrogens (tertiary/aromatic N) is 4. The van der Waals surface area contributed by atoms with Crippen molar-refractivity contribution < 1.29 is 33.0 Å². The van der Waals surface area contributed by atoms with Crippen molar-refractivity contribution in [3.63, 3.8) is 0 Å². The van der Waals surface area contributed by atoms with E-state index in [-0.39, 0.29) is 31.6 Å². The molecule has 2 amide bonds. The number of aliphatic hydroxyl groups is 2. The lowest BCUT2D eigenvalue weighted by molar-refractivity contribution is -0.120. The molecule has 2 fully saturated rings. The normalized spacial score (nSPS) is 24.8. The molecule has 180 valence electrons. The Morgan fingerprint density at radius 1 is 1.50 bits per heavy atom. The topological polar surface area (TPSA) is 153 Å². The number of carbonyl (C=O) groups is 2. The Hall–Kier alpha value is -1.84. The van der Waals surface area contributed by atoms with Crippen molar-refractivity contribution in [3.8, 4) is 0 Å². The van der Waals surface area contributed by atoms with Crippen LogP contribution in [0.15, 0.2) is 6.20 Å². The number of nitrogens with one attached hydrogen (secondary N) is 1. The smallest absolute Gasteiger partial charge is 0.407 e. The third-order valence-corrected chi connectivity index (χ3v) is 8.55. The van der Waals surface area contributed by atoms with E-state index in [1.54, 1.807) is 18.7 Å². The standard InChI is InChI=1S/C18H29N5O7S2/c1-4-19-18(27)30-10-13-7-20-17(31-13)23-14-5-6-22(15(14)11(2)16(23)26)32(28,29)21(3)8-12(25)9-24/h7,11-12,14-15,24-25H,4-6,8-10H2,1-3H3,(H,19,27)/t11-,12?,14-,15+/m0/s1. The molecule has 2 saturated heterocycles. The Morgan fingerprint density at radius 2 is 2.22 bits per heavy atom. The summed E-state index contributed by atoms with van der Waals surface area (Å²) in [4.78, 5) is 31.0. The van der Waals surface area contributed by atoms with Crippen molar-refractivity contribution in [3.05, 3.63) is 11.1 Å². The van der Waals surface area contributed by atoms with Crippen molar-refractivity contribution in [1.29, 1.82) is 0 Å². The monoisotopic (exact) mass is 491 g/mol. The summed E-state index contributed by atoms with van der Waals surface area (Å²) in [5, 5.41) is 21.6. The second-order valence-electron chi connectivity index (χ2n) is 7.79. The second-order valence-corrected chi connectivity index (χ2v) is 10.9. The number of amides is 2. The molecule has 0 spiro atoms. The molecule has 3 heterocycles. The lowest BCUT2D eigenvalue weighted by atomic mass is 10.0. The predicted molar refractivity (Wildman–Crippen MR) is 116 cm³/mol. The number of hydrogen-bond donors (Lipinski definition) is 3. The molecule has 2 aliphatic rings. The number of ether oxygens (including phenoxy) is 1. The molecule has 4 atom stereocenters. The van der Waals surface area contributed by atoms with E-state index in [1.165, 1.54) is 28.9 Å². The minimum Gasteiger partial charge on any atom is -0.444 e. The molecule has 0 bridgehead atoms. The highest BCUT2D eigenvalue weighted by Gasteiger charge is 2.56. The number of aromatic nitrogens is 1. The van der Waals surface area contributed by atoms with E-state index in [2.05, 4.69) is 10.3 Å². The Kier molecular flexibility index (Phi) is 7.73. The van der Waals surface area contributed by atoms with Crippen LogP contribution in [0.5, 0.6) is 0 Å². The van der Waals surface area contributed by atoms with Gasteiger partial charge in [0, 0.05) is 32.9 Å². The summed E-state index contributed by atoms with van der Waals surface area (Å²) in [5.74, 6) is -0.795. The second kappa shape index (κ2) is 9.97. The fraction of sp³-hybridized carbons (Fsp3) is 0.722. The summed E-state index contributed by atoms with van der Waals surface area (Å²) >= 11 is 1.22. The first-order valence-electron chi connectivity index (χ1n) is 10.3. The maximum Gasteiger partial charge on any atom is 0.407 e. The zero-order valence-corrected chi connectivity index (χ0v) is 19.8. The maximum atomic E-state index is 13.1. The predicted octanol–water partition coefficient (Wildman–Crippen LogP) is -0.655. The minimum absolute atomic E-state index is 0.0215. The van der Waals surface area contributed by atoms with E-state index < -0.39 is 41.0 Å². The number of thiazole rings is 1. The third-order valence-electron chi connectivity index (χ3n) is 5.63. The SMILES string of the molecule is CCNC(=O)OCc1cnc(N2C(=O)[C@@H](C)[C@@H]3[C@@H]2CCN3S(=O)(=O)N(C)CC(O)CO)s1. The van der Waals surface area contributed by atoms with Crippen LogP contribution in [0.4, 0.5) is 9.93 Å². The summed E-state index contributed by atoms with van der Waals surface area (Å²) < 4.78 is 33.6. The van der Waals surface area contributed by atoms with Gasteiger partial charge in [0.05, 0.1) is 35.6 Å². The highest BCUT2D eigenvalue weighted by molar-refractivity contribution is 7.86. The average molecular weight is 492 g/mol. The fourth-order valence-electron chi connectivity index (χ4n) is 4.10. The van der Waals surface area contributed by atoms with Crippen LogP contribution in [-0.4, -0.2) is 95.7 Å². The summed E-state index contributed by atoms with van der Waals surface area (Å²) in [5.41, 5.74) is 0. The van der Waals surface area contributed by atoms with E-state index in [0.717, 1.165) is 4.31 Å². The molecular weight excluding hydrogens is 462 g/mol. The molecule has 1 aromatic heterocycles. The Balaban J connectivity index is 1.75. The molecule has 3 N–H and O–H groups in total. The van der Waals surface area contributed by atoms with E-state index in [4.69, 9.17) is 9.84 Å². The fourth-order valence-corrected chi connectivity index (χ4v) is 6.68. The van der Waals surface area contributed by atoms with E-state index in [0.29, 0.717) is 23.0 Å². The number of likely N-dealkylation sites (N-methyl/N-ethyl adjacent to an activating group) is 1. The van der Waals surface area contributed by atoms with Gasteiger partial charge in [0.25, 0.3) is 10.2 Å². The van der Waals surface area contributed by atoms with Gasteiger partial charge in [-0.15, -0.1) is 0 Å². The number of carbonyl (C=O) groups excluding carboxylic acids is 2. The van der Waals surface area contributed by atoms with Gasteiger partial charge in [0.15, 0.2) is 5.13 Å². The lowest BCUT2D eigenvalue weighted by Gasteiger charge is -2.30. The number of aliphatic hydroxyl groups excluding tert-OH is 2. The molecule has 32 heavy (non-hydrogen) atoms. The van der Waals surface area contributed by atoms with Gasteiger partial charge >= 0.3 is 6.09 Å². The first-order valence-corrected chi connectivity index (χ1v) is 12.5. The lowest BCUT2D eigenvalue weighted by Crippen LogP contribution is -2.49. The molecule has 1 unspecified atom stereocenters. The molecule has 12 nitrogen and oxygen atoms in total. The Labute approximate surface area is 191 Å². The quantitative estimate of drug-likeness (QED) is 0.412. The molecule has 1 aromatic rings. The third kappa shape index (κ3) is 4.75. The van der Waals surface area contributed by atoms with E-state index >= 15 is 0 Å². The van der Waals surface area contributed by atoms with Crippen LogP contribution in [0.2, 0.25) is 0 Å². The first-order chi connectivity index (χ1) is 15.1. The molecular formula is C18H29N5O7S2. The van der Waals surface area contributed by atoms with Crippen molar-refractivity contribution in [2.45, 2.75) is 45.1 Å². The zero-order chi connectivity index (χ0) is 23.6. The van der Waals surface area contributed by atoms with Gasteiger partial charge in [-0.3, -0.25) is 9.69 Å². The summed E-state index contributed by atoms with van der Waals surface area (Å²) in [6, 6.07) is -0.938. The number of fused-ring (bicyclic) bond motifs is 1. The molecule has 14 heteroatoms. The summed E-state index contributed by atoms with van der Waals surface area (Å²) in [6.45, 7) is 3.37. The first kappa shape index (κ1) is 24.8. The van der Waals surface area contributed by atoms with Crippen LogP contribution in [0, 0.1) is 5.92 Å². The van der Waals surface area contributed by atoms with Crippen LogP contribution >= 0.6 is 11.3 Å². The summed E-state index contributed by atoms with van der Waals surface area (Å²) in [7, 11) is -2.61. The van der Waals surface area contributed by atoms with Gasteiger partial charge in [-0.05, 0) is 13.3 Å². The molecule has 3 rings (SSSR count). The number of anilines is 1. The molecule has 0 saturated carbocycles. The Bertz CT molecular complexity index is 940. The van der Waals surface area contributed by atoms with Crippen LogP contribution in [0.1, 0.15) is 25.1 Å². The largest absolute Gasteiger partial charge is 0.444 e. The molecule has 0 aromatic carbocycles. The van der Waals surface area contributed by atoms with Crippen molar-refractivity contribution in [1.82, 2.24) is 18.9 Å². The van der Waals surface area contributed by atoms with Gasteiger partial charge in [0.2, 0.25) is 5.91 Å². The van der Waals surface area contributed by atoms with Crippen LogP contribution < -0.4 is 10.2 Å². The van der Waals surface area contributed by atoms with Crippen LogP contribution in [-0.2, 0) is 26.3 Å². The van der Waals surface area contributed by atoms with Gasteiger partial charge in [-0.1, -0.05) is 18.3 Å². The van der Waals surface area contributed by atoms with Crippen molar-refractivity contribution in [2.75, 3.05) is 38.2 Å². The highest BCUT2D eigenvalue weighted by Crippen LogP contribution is 2.42. The van der Waals surface area contributed by atoms with Gasteiger partial charge < -0.3 is 20.3 Å².